The highest BCUT2D eigenvalue weighted by molar-refractivity contribution is 14.1. The van der Waals surface area contributed by atoms with Crippen LogP contribution in [0.1, 0.15) is 40.0 Å². The van der Waals surface area contributed by atoms with E-state index in [9.17, 15) is 4.79 Å². The molecule has 0 saturated heterocycles. The first kappa shape index (κ1) is 12.1. The summed E-state index contributed by atoms with van der Waals surface area (Å²) in [6, 6.07) is 0. The molecule has 1 nitrogen and oxygen atoms in total. The number of hydrogen-bond acceptors (Lipinski definition) is 1. The van der Waals surface area contributed by atoms with Crippen LogP contribution in [0.15, 0.2) is 10.2 Å². The second-order valence-corrected chi connectivity index (χ2v) is 4.36. The second-order valence-electron chi connectivity index (χ2n) is 3.64. The molecule has 0 aliphatic heterocycles. The molecule has 0 atom stereocenters. The van der Waals surface area contributed by atoms with E-state index >= 15 is 0 Å². The Morgan fingerprint density at radius 2 is 2.08 bits per heavy atom. The zero-order chi connectivity index (χ0) is 9.61. The summed E-state index contributed by atoms with van der Waals surface area (Å²) >= 11 is 2.08. The molecule has 0 bridgehead atoms. The molecule has 0 aromatic carbocycles. The van der Waals surface area contributed by atoms with E-state index in [-0.39, 0.29) is 11.2 Å². The third kappa shape index (κ3) is 4.24. The Labute approximate surface area is 88.8 Å². The van der Waals surface area contributed by atoms with Crippen molar-refractivity contribution in [3.8, 4) is 0 Å². The monoisotopic (exact) mass is 280 g/mol. The van der Waals surface area contributed by atoms with Gasteiger partial charge in [-0.3, -0.25) is 4.79 Å². The summed E-state index contributed by atoms with van der Waals surface area (Å²) in [7, 11) is 0. The molecule has 0 radical (unpaired) electrons. The van der Waals surface area contributed by atoms with E-state index in [1.807, 2.05) is 13.8 Å². The molecule has 0 N–H and O–H groups in total. The van der Waals surface area contributed by atoms with Crippen molar-refractivity contribution in [2.24, 2.45) is 5.41 Å². The van der Waals surface area contributed by atoms with Crippen LogP contribution in [-0.2, 0) is 4.79 Å². The first-order chi connectivity index (χ1) is 5.54. The molecule has 0 rings (SSSR count). The lowest BCUT2D eigenvalue weighted by atomic mass is 9.83. The molecular formula is C10H17IO. The van der Waals surface area contributed by atoms with Gasteiger partial charge in [-0.25, -0.2) is 0 Å². The van der Waals surface area contributed by atoms with Crippen molar-refractivity contribution in [3.63, 3.8) is 0 Å². The molecule has 0 unspecified atom stereocenters. The van der Waals surface area contributed by atoms with Crippen LogP contribution in [0.4, 0.5) is 0 Å². The largest absolute Gasteiger partial charge is 0.294 e. The standard InChI is InChI=1S/C10H17IO/c1-4-5-7-10(2,3)9(12)6-8-11/h6,8H,4-5,7H2,1-3H3. The smallest absolute Gasteiger partial charge is 0.161 e. The highest BCUT2D eigenvalue weighted by Crippen LogP contribution is 2.24. The van der Waals surface area contributed by atoms with Crippen LogP contribution < -0.4 is 0 Å². The van der Waals surface area contributed by atoms with E-state index in [1.54, 1.807) is 10.2 Å². The summed E-state index contributed by atoms with van der Waals surface area (Å²) in [6.45, 7) is 6.18. The minimum Gasteiger partial charge on any atom is -0.294 e. The van der Waals surface area contributed by atoms with Gasteiger partial charge in [-0.15, -0.1) is 0 Å². The second kappa shape index (κ2) is 5.73. The quantitative estimate of drug-likeness (QED) is 0.554. The summed E-state index contributed by atoms with van der Waals surface area (Å²) < 4.78 is 1.79. The number of allylic oxidation sites excluding steroid dienone is 1. The van der Waals surface area contributed by atoms with Crippen molar-refractivity contribution >= 4 is 28.4 Å². The molecular weight excluding hydrogens is 263 g/mol. The molecule has 70 valence electrons. The summed E-state index contributed by atoms with van der Waals surface area (Å²) in [4.78, 5) is 11.5. The normalized spacial score (nSPS) is 12.3. The molecule has 12 heavy (non-hydrogen) atoms. The van der Waals surface area contributed by atoms with E-state index < -0.39 is 0 Å². The van der Waals surface area contributed by atoms with Crippen molar-refractivity contribution < 1.29 is 4.79 Å². The number of carbonyl (C=O) groups excluding carboxylic acids is 1. The molecule has 0 aliphatic carbocycles. The average Bonchev–Trinajstić information content (AvgIpc) is 2.01. The minimum atomic E-state index is -0.169. The minimum absolute atomic E-state index is 0.169. The van der Waals surface area contributed by atoms with Gasteiger partial charge in [-0.2, -0.15) is 0 Å². The molecule has 0 spiro atoms. The molecule has 0 aromatic rings. The van der Waals surface area contributed by atoms with Crippen molar-refractivity contribution in [2.45, 2.75) is 40.0 Å². The van der Waals surface area contributed by atoms with Crippen LogP contribution >= 0.6 is 22.6 Å². The summed E-state index contributed by atoms with van der Waals surface area (Å²) in [5.41, 5.74) is -0.169. The molecule has 0 saturated carbocycles. The highest BCUT2D eigenvalue weighted by Gasteiger charge is 2.23. The number of ketones is 1. The zero-order valence-electron chi connectivity index (χ0n) is 8.06. The van der Waals surface area contributed by atoms with Gasteiger partial charge in [0.1, 0.15) is 0 Å². The highest BCUT2D eigenvalue weighted by atomic mass is 127. The van der Waals surface area contributed by atoms with Gasteiger partial charge in [0.2, 0.25) is 0 Å². The van der Waals surface area contributed by atoms with Gasteiger partial charge >= 0.3 is 0 Å². The van der Waals surface area contributed by atoms with Crippen molar-refractivity contribution in [1.29, 1.82) is 0 Å². The molecule has 0 heterocycles. The van der Waals surface area contributed by atoms with Crippen LogP contribution in [-0.4, -0.2) is 5.78 Å². The maximum atomic E-state index is 11.5. The van der Waals surface area contributed by atoms with E-state index in [1.165, 1.54) is 0 Å². The lowest BCUT2D eigenvalue weighted by Gasteiger charge is -2.20. The molecule has 0 fully saturated rings. The SMILES string of the molecule is CCCCC(C)(C)C(=O)C=CI. The van der Waals surface area contributed by atoms with E-state index in [0.29, 0.717) is 0 Å². The fraction of sp³-hybridized carbons (Fsp3) is 0.700. The molecule has 0 aliphatic rings. The third-order valence-corrected chi connectivity index (χ3v) is 2.40. The van der Waals surface area contributed by atoms with Crippen LogP contribution in [0.2, 0.25) is 0 Å². The van der Waals surface area contributed by atoms with Gasteiger partial charge in [0, 0.05) is 5.41 Å². The number of rotatable bonds is 5. The Bertz CT molecular complexity index is 171. The molecule has 2 heteroatoms. The predicted molar refractivity (Wildman–Crippen MR) is 61.5 cm³/mol. The topological polar surface area (TPSA) is 17.1 Å². The van der Waals surface area contributed by atoms with Gasteiger partial charge in [0.15, 0.2) is 5.78 Å². The van der Waals surface area contributed by atoms with E-state index in [4.69, 9.17) is 0 Å². The zero-order valence-corrected chi connectivity index (χ0v) is 10.2. The Morgan fingerprint density at radius 3 is 2.50 bits per heavy atom. The predicted octanol–water partition coefficient (Wildman–Crippen LogP) is 3.72. The summed E-state index contributed by atoms with van der Waals surface area (Å²) in [5, 5.41) is 0. The van der Waals surface area contributed by atoms with Gasteiger partial charge in [0.25, 0.3) is 0 Å². The third-order valence-electron chi connectivity index (χ3n) is 2.04. The van der Waals surface area contributed by atoms with Gasteiger partial charge in [-0.1, -0.05) is 56.2 Å². The van der Waals surface area contributed by atoms with E-state index in [0.717, 1.165) is 19.3 Å². The van der Waals surface area contributed by atoms with Crippen LogP contribution in [0.3, 0.4) is 0 Å². The summed E-state index contributed by atoms with van der Waals surface area (Å²) in [6.07, 6.45) is 4.94. The average molecular weight is 280 g/mol. The van der Waals surface area contributed by atoms with Crippen molar-refractivity contribution in [1.82, 2.24) is 0 Å². The summed E-state index contributed by atoms with van der Waals surface area (Å²) in [5.74, 6) is 0.241. The maximum absolute atomic E-state index is 11.5. The van der Waals surface area contributed by atoms with Gasteiger partial charge in [0.05, 0.1) is 0 Å². The molecule has 0 aromatic heterocycles. The number of carbonyl (C=O) groups is 1. The maximum Gasteiger partial charge on any atom is 0.161 e. The fourth-order valence-corrected chi connectivity index (χ4v) is 1.35. The van der Waals surface area contributed by atoms with Crippen molar-refractivity contribution in [2.75, 3.05) is 0 Å². The van der Waals surface area contributed by atoms with Crippen LogP contribution in [0, 0.1) is 5.41 Å². The number of unbranched alkanes of at least 4 members (excludes halogenated alkanes) is 1. The molecule has 0 amide bonds. The van der Waals surface area contributed by atoms with Gasteiger partial charge in [-0.05, 0) is 16.6 Å². The van der Waals surface area contributed by atoms with Crippen LogP contribution in [0.25, 0.3) is 0 Å². The lowest BCUT2D eigenvalue weighted by Crippen LogP contribution is -2.21. The Balaban J connectivity index is 4.09. The van der Waals surface area contributed by atoms with Crippen molar-refractivity contribution in [3.05, 3.63) is 10.2 Å². The number of halogens is 1. The van der Waals surface area contributed by atoms with E-state index in [2.05, 4.69) is 29.5 Å². The first-order valence-corrected chi connectivity index (χ1v) is 5.60. The number of hydrogen-bond donors (Lipinski definition) is 0. The van der Waals surface area contributed by atoms with Gasteiger partial charge < -0.3 is 0 Å². The Hall–Kier alpha value is 0.140. The Kier molecular flexibility index (Phi) is 5.80. The van der Waals surface area contributed by atoms with Crippen LogP contribution in [0.5, 0.6) is 0 Å². The first-order valence-electron chi connectivity index (χ1n) is 4.36. The lowest BCUT2D eigenvalue weighted by molar-refractivity contribution is -0.122. The fourth-order valence-electron chi connectivity index (χ4n) is 1.02. The Morgan fingerprint density at radius 1 is 1.50 bits per heavy atom.